The standard InChI is InChI=1S/C15H27NO2/c1-17-12-10-16-9-3-2-5-14-6-11-18-15(13-14)7-4-8-15/h2,5,14,16H,3-4,6-13H2,1H3. The number of nitrogens with one attached hydrogen (secondary N) is 1. The third kappa shape index (κ3) is 4.08. The molecule has 1 saturated heterocycles. The van der Waals surface area contributed by atoms with Crippen LogP contribution in [0.5, 0.6) is 0 Å². The first-order valence-electron chi connectivity index (χ1n) is 7.35. The molecule has 1 saturated carbocycles. The van der Waals surface area contributed by atoms with Crippen molar-refractivity contribution in [3.05, 3.63) is 12.2 Å². The summed E-state index contributed by atoms with van der Waals surface area (Å²) in [5.41, 5.74) is 0.282. The fraction of sp³-hybridized carbons (Fsp3) is 0.867. The normalized spacial score (nSPS) is 26.6. The van der Waals surface area contributed by atoms with Crippen LogP contribution < -0.4 is 5.32 Å². The molecule has 1 aliphatic carbocycles. The van der Waals surface area contributed by atoms with Crippen LogP contribution in [0.4, 0.5) is 0 Å². The summed E-state index contributed by atoms with van der Waals surface area (Å²) in [7, 11) is 1.74. The van der Waals surface area contributed by atoms with Gasteiger partial charge in [-0.1, -0.05) is 12.2 Å². The Morgan fingerprint density at radius 2 is 2.28 bits per heavy atom. The van der Waals surface area contributed by atoms with Gasteiger partial charge in [-0.05, 0) is 51.0 Å². The summed E-state index contributed by atoms with van der Waals surface area (Å²) in [6, 6.07) is 0. The third-order valence-corrected chi connectivity index (χ3v) is 4.17. The van der Waals surface area contributed by atoms with Gasteiger partial charge in [0.25, 0.3) is 0 Å². The largest absolute Gasteiger partial charge is 0.383 e. The molecule has 1 spiro atoms. The molecule has 2 aliphatic rings. The van der Waals surface area contributed by atoms with E-state index in [1.807, 2.05) is 0 Å². The summed E-state index contributed by atoms with van der Waals surface area (Å²) in [5.74, 6) is 0.748. The lowest BCUT2D eigenvalue weighted by Crippen LogP contribution is -2.45. The Labute approximate surface area is 111 Å². The van der Waals surface area contributed by atoms with E-state index in [1.165, 1.54) is 32.1 Å². The zero-order valence-corrected chi connectivity index (χ0v) is 11.6. The SMILES string of the molecule is COCCNCCC=CC1CCOC2(CCC2)C1. The fourth-order valence-electron chi connectivity index (χ4n) is 2.92. The Kier molecular flexibility index (Phi) is 5.67. The minimum Gasteiger partial charge on any atom is -0.383 e. The third-order valence-electron chi connectivity index (χ3n) is 4.17. The minimum absolute atomic E-state index is 0.282. The maximum Gasteiger partial charge on any atom is 0.0688 e. The van der Waals surface area contributed by atoms with Crippen molar-refractivity contribution >= 4 is 0 Å². The minimum atomic E-state index is 0.282. The predicted octanol–water partition coefficient (Wildman–Crippen LogP) is 2.52. The molecule has 1 atom stereocenters. The van der Waals surface area contributed by atoms with Gasteiger partial charge < -0.3 is 14.8 Å². The highest BCUT2D eigenvalue weighted by molar-refractivity contribution is 5.00. The van der Waals surface area contributed by atoms with Crippen LogP contribution in [0.2, 0.25) is 0 Å². The summed E-state index contributed by atoms with van der Waals surface area (Å²) < 4.78 is 10.9. The molecule has 1 N–H and O–H groups in total. The van der Waals surface area contributed by atoms with E-state index in [4.69, 9.17) is 9.47 Å². The van der Waals surface area contributed by atoms with Gasteiger partial charge in [-0.15, -0.1) is 0 Å². The summed E-state index contributed by atoms with van der Waals surface area (Å²) in [6.07, 6.45) is 12.3. The van der Waals surface area contributed by atoms with Gasteiger partial charge >= 0.3 is 0 Å². The average molecular weight is 253 g/mol. The molecule has 0 bridgehead atoms. The van der Waals surface area contributed by atoms with Crippen LogP contribution in [-0.4, -0.2) is 39.0 Å². The van der Waals surface area contributed by atoms with Crippen LogP contribution in [0, 0.1) is 5.92 Å². The summed E-state index contributed by atoms with van der Waals surface area (Å²) >= 11 is 0. The number of hydrogen-bond donors (Lipinski definition) is 1. The molecule has 1 aliphatic heterocycles. The van der Waals surface area contributed by atoms with E-state index in [0.717, 1.165) is 38.6 Å². The molecule has 1 unspecified atom stereocenters. The maximum absolute atomic E-state index is 5.94. The van der Waals surface area contributed by atoms with E-state index >= 15 is 0 Å². The molecule has 3 heteroatoms. The van der Waals surface area contributed by atoms with Crippen LogP contribution in [0.1, 0.15) is 38.5 Å². The van der Waals surface area contributed by atoms with E-state index < -0.39 is 0 Å². The molecule has 104 valence electrons. The lowest BCUT2D eigenvalue weighted by atomic mass is 9.72. The number of hydrogen-bond acceptors (Lipinski definition) is 3. The highest BCUT2D eigenvalue weighted by Crippen LogP contribution is 2.44. The zero-order valence-electron chi connectivity index (χ0n) is 11.6. The van der Waals surface area contributed by atoms with Crippen molar-refractivity contribution in [2.45, 2.75) is 44.1 Å². The summed E-state index contributed by atoms with van der Waals surface area (Å²) in [5, 5.41) is 3.36. The molecular weight excluding hydrogens is 226 g/mol. The van der Waals surface area contributed by atoms with Gasteiger partial charge in [0, 0.05) is 20.3 Å². The molecule has 18 heavy (non-hydrogen) atoms. The van der Waals surface area contributed by atoms with Gasteiger partial charge in [0.15, 0.2) is 0 Å². The topological polar surface area (TPSA) is 30.5 Å². The van der Waals surface area contributed by atoms with Crippen molar-refractivity contribution < 1.29 is 9.47 Å². The second-order valence-electron chi connectivity index (χ2n) is 5.60. The van der Waals surface area contributed by atoms with Gasteiger partial charge in [-0.3, -0.25) is 0 Å². The van der Waals surface area contributed by atoms with Crippen molar-refractivity contribution in [2.75, 3.05) is 33.4 Å². The zero-order chi connectivity index (χ0) is 12.7. The molecule has 2 fully saturated rings. The van der Waals surface area contributed by atoms with Gasteiger partial charge in [-0.25, -0.2) is 0 Å². The Hall–Kier alpha value is -0.380. The molecule has 0 aromatic carbocycles. The van der Waals surface area contributed by atoms with Gasteiger partial charge in [-0.2, -0.15) is 0 Å². The predicted molar refractivity (Wildman–Crippen MR) is 73.8 cm³/mol. The van der Waals surface area contributed by atoms with Crippen molar-refractivity contribution in [1.82, 2.24) is 5.32 Å². The molecule has 0 aromatic heterocycles. The number of ether oxygens (including phenoxy) is 2. The van der Waals surface area contributed by atoms with Crippen molar-refractivity contribution in [3.63, 3.8) is 0 Å². The second kappa shape index (κ2) is 7.27. The van der Waals surface area contributed by atoms with E-state index in [0.29, 0.717) is 0 Å². The molecule has 2 rings (SSSR count). The molecule has 3 nitrogen and oxygen atoms in total. The highest BCUT2D eigenvalue weighted by Gasteiger charge is 2.41. The van der Waals surface area contributed by atoms with Crippen molar-refractivity contribution in [3.8, 4) is 0 Å². The number of methoxy groups -OCH3 is 1. The number of rotatable bonds is 7. The maximum atomic E-state index is 5.94. The van der Waals surface area contributed by atoms with Crippen LogP contribution in [0.3, 0.4) is 0 Å². The monoisotopic (exact) mass is 253 g/mol. The lowest BCUT2D eigenvalue weighted by Gasteiger charge is -2.46. The van der Waals surface area contributed by atoms with Crippen LogP contribution >= 0.6 is 0 Å². The molecule has 1 heterocycles. The number of allylic oxidation sites excluding steroid dienone is 1. The first kappa shape index (κ1) is 14.0. The fourth-order valence-corrected chi connectivity index (χ4v) is 2.92. The molecule has 0 amide bonds. The van der Waals surface area contributed by atoms with Gasteiger partial charge in [0.2, 0.25) is 0 Å². The van der Waals surface area contributed by atoms with Crippen molar-refractivity contribution in [1.29, 1.82) is 0 Å². The Morgan fingerprint density at radius 1 is 1.39 bits per heavy atom. The van der Waals surface area contributed by atoms with E-state index in [9.17, 15) is 0 Å². The van der Waals surface area contributed by atoms with Crippen molar-refractivity contribution in [2.24, 2.45) is 5.92 Å². The second-order valence-corrected chi connectivity index (χ2v) is 5.60. The van der Waals surface area contributed by atoms with E-state index in [1.54, 1.807) is 7.11 Å². The molecule has 0 radical (unpaired) electrons. The Bertz CT molecular complexity index is 261. The smallest absolute Gasteiger partial charge is 0.0688 e. The van der Waals surface area contributed by atoms with E-state index in [-0.39, 0.29) is 5.60 Å². The summed E-state index contributed by atoms with van der Waals surface area (Å²) in [6.45, 7) is 3.76. The van der Waals surface area contributed by atoms with Crippen LogP contribution in [0.25, 0.3) is 0 Å². The quantitative estimate of drug-likeness (QED) is 0.558. The molecule has 0 aromatic rings. The molecular formula is C15H27NO2. The average Bonchev–Trinajstić information content (AvgIpc) is 2.36. The van der Waals surface area contributed by atoms with Crippen LogP contribution in [-0.2, 0) is 9.47 Å². The summed E-state index contributed by atoms with van der Waals surface area (Å²) in [4.78, 5) is 0. The lowest BCUT2D eigenvalue weighted by molar-refractivity contribution is -0.137. The van der Waals surface area contributed by atoms with Crippen LogP contribution in [0.15, 0.2) is 12.2 Å². The van der Waals surface area contributed by atoms with Gasteiger partial charge in [0.1, 0.15) is 0 Å². The Balaban J connectivity index is 1.57. The first-order valence-corrected chi connectivity index (χ1v) is 7.35. The van der Waals surface area contributed by atoms with E-state index in [2.05, 4.69) is 17.5 Å². The van der Waals surface area contributed by atoms with Gasteiger partial charge in [0.05, 0.1) is 12.2 Å². The highest BCUT2D eigenvalue weighted by atomic mass is 16.5. The first-order chi connectivity index (χ1) is 8.85. The Morgan fingerprint density at radius 3 is 3.00 bits per heavy atom.